The zero-order valence-corrected chi connectivity index (χ0v) is 15.1. The summed E-state index contributed by atoms with van der Waals surface area (Å²) in [4.78, 5) is 29.9. The van der Waals surface area contributed by atoms with Crippen LogP contribution >= 0.6 is 0 Å². The van der Waals surface area contributed by atoms with Gasteiger partial charge < -0.3 is 4.42 Å². The number of rotatable bonds is 3. The molecule has 2 aliphatic carbocycles. The van der Waals surface area contributed by atoms with Crippen LogP contribution in [0.5, 0.6) is 0 Å². The molecule has 0 unspecified atom stereocenters. The van der Waals surface area contributed by atoms with Gasteiger partial charge in [-0.25, -0.2) is 4.98 Å². The molecule has 5 rings (SSSR count). The predicted molar refractivity (Wildman–Crippen MR) is 104 cm³/mol. The highest BCUT2D eigenvalue weighted by molar-refractivity contribution is 6.07. The van der Waals surface area contributed by atoms with E-state index in [1.165, 1.54) is 0 Å². The molecule has 1 fully saturated rings. The van der Waals surface area contributed by atoms with Crippen LogP contribution in [0.25, 0.3) is 22.4 Å². The van der Waals surface area contributed by atoms with Gasteiger partial charge in [0.25, 0.3) is 5.91 Å². The van der Waals surface area contributed by atoms with Crippen molar-refractivity contribution in [3.8, 4) is 11.5 Å². The van der Waals surface area contributed by atoms with Crippen LogP contribution in [-0.2, 0) is 4.79 Å². The summed E-state index contributed by atoms with van der Waals surface area (Å²) in [6, 6.07) is 12.7. The number of para-hydroxylation sites is 1. The third-order valence-corrected chi connectivity index (χ3v) is 5.65. The van der Waals surface area contributed by atoms with E-state index in [2.05, 4.69) is 28.0 Å². The second-order valence-electron chi connectivity index (χ2n) is 7.38. The van der Waals surface area contributed by atoms with Crippen LogP contribution in [0.15, 0.2) is 65.3 Å². The monoisotopic (exact) mass is 373 g/mol. The predicted octanol–water partition coefficient (Wildman–Crippen LogP) is 3.47. The Bertz CT molecular complexity index is 1090. The van der Waals surface area contributed by atoms with Crippen molar-refractivity contribution in [3.05, 3.63) is 66.4 Å². The molecule has 6 nitrogen and oxygen atoms in total. The number of carbonyl (C=O) groups is 2. The summed E-state index contributed by atoms with van der Waals surface area (Å²) < 4.78 is 5.43. The molecule has 28 heavy (non-hydrogen) atoms. The molecule has 1 aromatic carbocycles. The molecule has 2 amide bonds. The molecular weight excluding hydrogens is 354 g/mol. The normalized spacial score (nSPS) is 22.5. The molecule has 0 saturated heterocycles. The number of hydrazine groups is 1. The van der Waals surface area contributed by atoms with Gasteiger partial charge in [-0.3, -0.25) is 20.4 Å². The molecular formula is C22H19N3O3. The van der Waals surface area contributed by atoms with E-state index >= 15 is 0 Å². The Morgan fingerprint density at radius 2 is 1.93 bits per heavy atom. The van der Waals surface area contributed by atoms with Crippen LogP contribution in [0.4, 0.5) is 0 Å². The van der Waals surface area contributed by atoms with E-state index in [0.29, 0.717) is 33.8 Å². The number of pyridine rings is 1. The SMILES string of the molecule is O=C(NNC(=O)[C@H]1C[C@@H]2C=C[C@H]1C2)c1cc(-c2ccco2)nc2ccccc12. The van der Waals surface area contributed by atoms with Gasteiger partial charge in [-0.15, -0.1) is 0 Å². The fourth-order valence-electron chi connectivity index (χ4n) is 4.27. The smallest absolute Gasteiger partial charge is 0.270 e. The first-order valence-corrected chi connectivity index (χ1v) is 9.41. The number of hydrogen-bond donors (Lipinski definition) is 2. The van der Waals surface area contributed by atoms with Crippen molar-refractivity contribution >= 4 is 22.7 Å². The third kappa shape index (κ3) is 2.87. The summed E-state index contributed by atoms with van der Waals surface area (Å²) in [7, 11) is 0. The van der Waals surface area contributed by atoms with Crippen LogP contribution in [0.1, 0.15) is 23.2 Å². The summed E-state index contributed by atoms with van der Waals surface area (Å²) in [5.74, 6) is 0.791. The Hall–Kier alpha value is -3.41. The van der Waals surface area contributed by atoms with Crippen LogP contribution in [-0.4, -0.2) is 16.8 Å². The molecule has 1 saturated carbocycles. The maximum Gasteiger partial charge on any atom is 0.270 e. The maximum absolute atomic E-state index is 12.9. The number of allylic oxidation sites excluding steroid dienone is 2. The molecule has 0 aliphatic heterocycles. The second-order valence-corrected chi connectivity index (χ2v) is 7.38. The van der Waals surface area contributed by atoms with Gasteiger partial charge in [0.15, 0.2) is 5.76 Å². The number of benzene rings is 1. The molecule has 0 radical (unpaired) electrons. The van der Waals surface area contributed by atoms with E-state index in [1.807, 2.05) is 24.3 Å². The lowest BCUT2D eigenvalue weighted by Crippen LogP contribution is -2.45. The minimum absolute atomic E-state index is 0.0665. The van der Waals surface area contributed by atoms with Gasteiger partial charge in [-0.05, 0) is 48.9 Å². The average molecular weight is 373 g/mol. The summed E-state index contributed by atoms with van der Waals surface area (Å²) in [5, 5.41) is 0.715. The molecule has 3 atom stereocenters. The Morgan fingerprint density at radius 3 is 2.68 bits per heavy atom. The number of furan rings is 1. The van der Waals surface area contributed by atoms with Gasteiger partial charge in [0.2, 0.25) is 5.91 Å². The van der Waals surface area contributed by atoms with E-state index in [-0.39, 0.29) is 23.7 Å². The molecule has 2 bridgehead atoms. The van der Waals surface area contributed by atoms with Crippen molar-refractivity contribution in [3.63, 3.8) is 0 Å². The lowest BCUT2D eigenvalue weighted by Gasteiger charge is -2.18. The molecule has 2 N–H and O–H groups in total. The fourth-order valence-corrected chi connectivity index (χ4v) is 4.27. The quantitative estimate of drug-likeness (QED) is 0.544. The van der Waals surface area contributed by atoms with Gasteiger partial charge >= 0.3 is 0 Å². The fraction of sp³-hybridized carbons (Fsp3) is 0.227. The van der Waals surface area contributed by atoms with Gasteiger partial charge in [-0.2, -0.15) is 0 Å². The number of fused-ring (bicyclic) bond motifs is 3. The van der Waals surface area contributed by atoms with Crippen LogP contribution in [0.3, 0.4) is 0 Å². The topological polar surface area (TPSA) is 84.2 Å². The Morgan fingerprint density at radius 1 is 1.04 bits per heavy atom. The summed E-state index contributed by atoms with van der Waals surface area (Å²) >= 11 is 0. The van der Waals surface area contributed by atoms with Crippen LogP contribution in [0.2, 0.25) is 0 Å². The van der Waals surface area contributed by atoms with Gasteiger partial charge in [0.05, 0.1) is 17.3 Å². The highest BCUT2D eigenvalue weighted by Gasteiger charge is 2.39. The number of amides is 2. The van der Waals surface area contributed by atoms with Crippen molar-refractivity contribution < 1.29 is 14.0 Å². The van der Waals surface area contributed by atoms with Gasteiger partial charge in [0, 0.05) is 11.3 Å². The Kier molecular flexibility index (Phi) is 3.97. The highest BCUT2D eigenvalue weighted by Crippen LogP contribution is 2.43. The molecule has 2 aliphatic rings. The number of hydrogen-bond acceptors (Lipinski definition) is 4. The minimum atomic E-state index is -0.376. The van der Waals surface area contributed by atoms with E-state index in [0.717, 1.165) is 12.8 Å². The van der Waals surface area contributed by atoms with E-state index in [4.69, 9.17) is 4.42 Å². The molecule has 2 heterocycles. The number of nitrogens with one attached hydrogen (secondary N) is 2. The highest BCUT2D eigenvalue weighted by atomic mass is 16.3. The molecule has 140 valence electrons. The number of aromatic nitrogens is 1. The summed E-state index contributed by atoms with van der Waals surface area (Å²) in [6.45, 7) is 0. The summed E-state index contributed by atoms with van der Waals surface area (Å²) in [5.41, 5.74) is 6.88. The zero-order valence-electron chi connectivity index (χ0n) is 15.1. The van der Waals surface area contributed by atoms with Crippen LogP contribution in [0, 0.1) is 17.8 Å². The molecule has 0 spiro atoms. The third-order valence-electron chi connectivity index (χ3n) is 5.65. The first kappa shape index (κ1) is 16.7. The van der Waals surface area contributed by atoms with Crippen molar-refractivity contribution in [2.24, 2.45) is 17.8 Å². The Balaban J connectivity index is 1.39. The standard InChI is InChI=1S/C22H19N3O3/c26-21(16-11-13-7-8-14(16)10-13)24-25-22(27)17-12-19(20-6-3-9-28-20)23-18-5-2-1-4-15(17)18/h1-9,12-14,16H,10-11H2,(H,24,26)(H,25,27)/t13-,14+,16+/m1/s1. The number of nitrogens with zero attached hydrogens (tertiary/aromatic N) is 1. The Labute approximate surface area is 161 Å². The zero-order chi connectivity index (χ0) is 19.1. The lowest BCUT2D eigenvalue weighted by molar-refractivity contribution is -0.126. The average Bonchev–Trinajstić information content (AvgIpc) is 3.49. The van der Waals surface area contributed by atoms with Crippen LogP contribution < -0.4 is 10.9 Å². The van der Waals surface area contributed by atoms with Crippen molar-refractivity contribution in [2.75, 3.05) is 0 Å². The van der Waals surface area contributed by atoms with Gasteiger partial charge in [-0.1, -0.05) is 30.4 Å². The van der Waals surface area contributed by atoms with E-state index < -0.39 is 0 Å². The first-order chi connectivity index (χ1) is 13.7. The van der Waals surface area contributed by atoms with Crippen molar-refractivity contribution in [1.29, 1.82) is 0 Å². The molecule has 3 aromatic rings. The van der Waals surface area contributed by atoms with Crippen molar-refractivity contribution in [2.45, 2.75) is 12.8 Å². The number of carbonyl (C=O) groups excluding carboxylic acids is 2. The molecule has 6 heteroatoms. The maximum atomic E-state index is 12.9. The van der Waals surface area contributed by atoms with E-state index in [1.54, 1.807) is 24.5 Å². The van der Waals surface area contributed by atoms with Gasteiger partial charge in [0.1, 0.15) is 5.69 Å². The molecule has 2 aromatic heterocycles. The lowest BCUT2D eigenvalue weighted by atomic mass is 9.93. The van der Waals surface area contributed by atoms with Crippen molar-refractivity contribution in [1.82, 2.24) is 15.8 Å². The minimum Gasteiger partial charge on any atom is -0.463 e. The summed E-state index contributed by atoms with van der Waals surface area (Å²) in [6.07, 6.45) is 7.76. The van der Waals surface area contributed by atoms with E-state index in [9.17, 15) is 9.59 Å². The first-order valence-electron chi connectivity index (χ1n) is 9.41. The second kappa shape index (κ2) is 6.64. The largest absolute Gasteiger partial charge is 0.463 e.